The monoisotopic (exact) mass is 294 g/mol. The lowest BCUT2D eigenvalue weighted by Gasteiger charge is -2.05. The van der Waals surface area contributed by atoms with E-state index in [1.807, 2.05) is 12.1 Å². The van der Waals surface area contributed by atoms with Crippen LogP contribution in [-0.4, -0.2) is 24.0 Å². The molecular formula is C14H15ClN2O3. The Morgan fingerprint density at radius 1 is 1.45 bits per heavy atom. The number of hydrogen-bond donors (Lipinski definition) is 1. The van der Waals surface area contributed by atoms with Gasteiger partial charge >= 0.3 is 0 Å². The average Bonchev–Trinajstić information content (AvgIpc) is 2.95. The highest BCUT2D eigenvalue weighted by Crippen LogP contribution is 2.06. The SMILES string of the molecule is O=C(NCCCOCc1ccco1)c1ccnc(Cl)c1. The van der Waals surface area contributed by atoms with Crippen molar-refractivity contribution in [1.82, 2.24) is 10.3 Å². The van der Waals surface area contributed by atoms with Crippen molar-refractivity contribution in [1.29, 1.82) is 0 Å². The summed E-state index contributed by atoms with van der Waals surface area (Å²) in [6.07, 6.45) is 3.84. The number of halogens is 1. The van der Waals surface area contributed by atoms with Gasteiger partial charge in [0.15, 0.2) is 0 Å². The largest absolute Gasteiger partial charge is 0.467 e. The van der Waals surface area contributed by atoms with Gasteiger partial charge in [0, 0.05) is 24.9 Å². The van der Waals surface area contributed by atoms with Crippen molar-refractivity contribution in [2.45, 2.75) is 13.0 Å². The van der Waals surface area contributed by atoms with E-state index in [-0.39, 0.29) is 5.91 Å². The van der Waals surface area contributed by atoms with Crippen LogP contribution in [0.5, 0.6) is 0 Å². The lowest BCUT2D eigenvalue weighted by molar-refractivity contribution is 0.0917. The van der Waals surface area contributed by atoms with E-state index < -0.39 is 0 Å². The van der Waals surface area contributed by atoms with Crippen LogP contribution in [0, 0.1) is 0 Å². The van der Waals surface area contributed by atoms with Gasteiger partial charge in [-0.3, -0.25) is 4.79 Å². The van der Waals surface area contributed by atoms with E-state index in [2.05, 4.69) is 10.3 Å². The molecule has 6 heteroatoms. The lowest BCUT2D eigenvalue weighted by Crippen LogP contribution is -2.25. The highest BCUT2D eigenvalue weighted by molar-refractivity contribution is 6.29. The Morgan fingerprint density at radius 3 is 3.10 bits per heavy atom. The molecule has 106 valence electrons. The second-order valence-electron chi connectivity index (χ2n) is 4.11. The molecule has 1 N–H and O–H groups in total. The minimum absolute atomic E-state index is 0.166. The van der Waals surface area contributed by atoms with Crippen molar-refractivity contribution in [2.24, 2.45) is 0 Å². The molecular weight excluding hydrogens is 280 g/mol. The van der Waals surface area contributed by atoms with Gasteiger partial charge in [-0.25, -0.2) is 4.98 Å². The predicted molar refractivity (Wildman–Crippen MR) is 74.6 cm³/mol. The van der Waals surface area contributed by atoms with Crippen molar-refractivity contribution >= 4 is 17.5 Å². The molecule has 0 saturated heterocycles. The van der Waals surface area contributed by atoms with Gasteiger partial charge in [-0.15, -0.1) is 0 Å². The lowest BCUT2D eigenvalue weighted by atomic mass is 10.2. The quantitative estimate of drug-likeness (QED) is 0.630. The van der Waals surface area contributed by atoms with Crippen LogP contribution in [0.15, 0.2) is 41.1 Å². The Bertz CT molecular complexity index is 543. The number of furan rings is 1. The third-order valence-corrected chi connectivity index (χ3v) is 2.77. The third kappa shape index (κ3) is 4.68. The molecule has 1 amide bonds. The number of nitrogens with one attached hydrogen (secondary N) is 1. The van der Waals surface area contributed by atoms with Crippen LogP contribution in [0.1, 0.15) is 22.5 Å². The maximum atomic E-state index is 11.8. The van der Waals surface area contributed by atoms with Crippen molar-refractivity contribution < 1.29 is 13.9 Å². The van der Waals surface area contributed by atoms with Crippen LogP contribution < -0.4 is 5.32 Å². The zero-order chi connectivity index (χ0) is 14.2. The van der Waals surface area contributed by atoms with E-state index in [1.165, 1.54) is 12.3 Å². The normalized spacial score (nSPS) is 10.4. The first-order valence-electron chi connectivity index (χ1n) is 6.25. The number of amides is 1. The molecule has 2 aromatic rings. The maximum Gasteiger partial charge on any atom is 0.251 e. The highest BCUT2D eigenvalue weighted by atomic mass is 35.5. The van der Waals surface area contributed by atoms with Gasteiger partial charge in [0.25, 0.3) is 5.91 Å². The predicted octanol–water partition coefficient (Wildman–Crippen LogP) is 2.66. The Morgan fingerprint density at radius 2 is 2.35 bits per heavy atom. The zero-order valence-corrected chi connectivity index (χ0v) is 11.6. The molecule has 0 aliphatic carbocycles. The summed E-state index contributed by atoms with van der Waals surface area (Å²) in [5.74, 6) is 0.626. The number of hydrogen-bond acceptors (Lipinski definition) is 4. The molecule has 2 aromatic heterocycles. The van der Waals surface area contributed by atoms with Crippen molar-refractivity contribution in [3.63, 3.8) is 0 Å². The van der Waals surface area contributed by atoms with Crippen molar-refractivity contribution in [3.05, 3.63) is 53.2 Å². The summed E-state index contributed by atoms with van der Waals surface area (Å²) in [5, 5.41) is 3.10. The van der Waals surface area contributed by atoms with Crippen LogP contribution in [0.4, 0.5) is 0 Å². The number of carbonyl (C=O) groups is 1. The third-order valence-electron chi connectivity index (χ3n) is 2.56. The molecule has 2 heterocycles. The van der Waals surface area contributed by atoms with Crippen LogP contribution >= 0.6 is 11.6 Å². The Labute approximate surface area is 121 Å². The summed E-state index contributed by atoms with van der Waals surface area (Å²) in [7, 11) is 0. The molecule has 5 nitrogen and oxygen atoms in total. The number of aromatic nitrogens is 1. The van der Waals surface area contributed by atoms with E-state index in [9.17, 15) is 4.79 Å². The molecule has 20 heavy (non-hydrogen) atoms. The van der Waals surface area contributed by atoms with E-state index in [0.717, 1.165) is 12.2 Å². The standard InChI is InChI=1S/C14H15ClN2O3/c15-13-9-11(4-6-16-13)14(18)17-5-2-7-19-10-12-3-1-8-20-12/h1,3-4,6,8-9H,2,5,7,10H2,(H,17,18). The van der Waals surface area contributed by atoms with Gasteiger partial charge in [0.1, 0.15) is 17.5 Å². The Balaban J connectivity index is 1.60. The van der Waals surface area contributed by atoms with E-state index in [4.69, 9.17) is 20.8 Å². The van der Waals surface area contributed by atoms with Crippen molar-refractivity contribution in [2.75, 3.05) is 13.2 Å². The first kappa shape index (κ1) is 14.6. The molecule has 0 aromatic carbocycles. The Kier molecular flexibility index (Phi) is 5.58. The molecule has 0 bridgehead atoms. The molecule has 0 fully saturated rings. The number of ether oxygens (including phenoxy) is 1. The molecule has 0 spiro atoms. The van der Waals surface area contributed by atoms with Gasteiger partial charge < -0.3 is 14.5 Å². The van der Waals surface area contributed by atoms with Gasteiger partial charge in [0.2, 0.25) is 0 Å². The van der Waals surface area contributed by atoms with Crippen molar-refractivity contribution in [3.8, 4) is 0 Å². The fourth-order valence-electron chi connectivity index (χ4n) is 1.59. The number of rotatable bonds is 7. The van der Waals surface area contributed by atoms with Crippen LogP contribution in [0.2, 0.25) is 5.15 Å². The van der Waals surface area contributed by atoms with Gasteiger partial charge in [-0.05, 0) is 30.7 Å². The molecule has 0 unspecified atom stereocenters. The van der Waals surface area contributed by atoms with Gasteiger partial charge in [-0.2, -0.15) is 0 Å². The topological polar surface area (TPSA) is 64.4 Å². The zero-order valence-electron chi connectivity index (χ0n) is 10.8. The summed E-state index contributed by atoms with van der Waals surface area (Å²) in [6, 6.07) is 6.83. The molecule has 0 aliphatic heterocycles. The van der Waals surface area contributed by atoms with E-state index in [0.29, 0.717) is 30.5 Å². The minimum atomic E-state index is -0.166. The molecule has 0 saturated carbocycles. The minimum Gasteiger partial charge on any atom is -0.467 e. The molecule has 2 rings (SSSR count). The van der Waals surface area contributed by atoms with Gasteiger partial charge in [-0.1, -0.05) is 11.6 Å². The second-order valence-corrected chi connectivity index (χ2v) is 4.50. The summed E-state index contributed by atoms with van der Waals surface area (Å²) >= 11 is 5.72. The summed E-state index contributed by atoms with van der Waals surface area (Å²) in [4.78, 5) is 15.6. The molecule has 0 radical (unpaired) electrons. The van der Waals surface area contributed by atoms with Gasteiger partial charge in [0.05, 0.1) is 6.26 Å². The first-order valence-corrected chi connectivity index (χ1v) is 6.63. The number of nitrogens with zero attached hydrogens (tertiary/aromatic N) is 1. The fraction of sp³-hybridized carbons (Fsp3) is 0.286. The first-order chi connectivity index (χ1) is 9.75. The van der Waals surface area contributed by atoms with E-state index in [1.54, 1.807) is 12.3 Å². The maximum absolute atomic E-state index is 11.8. The summed E-state index contributed by atoms with van der Waals surface area (Å²) in [6.45, 7) is 1.54. The summed E-state index contributed by atoms with van der Waals surface area (Å²) in [5.41, 5.74) is 0.501. The second kappa shape index (κ2) is 7.67. The smallest absolute Gasteiger partial charge is 0.251 e. The highest BCUT2D eigenvalue weighted by Gasteiger charge is 2.05. The fourth-order valence-corrected chi connectivity index (χ4v) is 1.76. The van der Waals surface area contributed by atoms with Crippen LogP contribution in [0.25, 0.3) is 0 Å². The van der Waals surface area contributed by atoms with Crippen LogP contribution in [0.3, 0.4) is 0 Å². The van der Waals surface area contributed by atoms with E-state index >= 15 is 0 Å². The van der Waals surface area contributed by atoms with Crippen LogP contribution in [-0.2, 0) is 11.3 Å². The molecule has 0 atom stereocenters. The molecule has 0 aliphatic rings. The Hall–Kier alpha value is -1.85. The summed E-state index contributed by atoms with van der Waals surface area (Å²) < 4.78 is 10.5. The average molecular weight is 295 g/mol. The number of carbonyl (C=O) groups excluding carboxylic acids is 1. The number of pyridine rings is 1.